The number of hydrogen-bond acceptors (Lipinski definition) is 3. The predicted octanol–water partition coefficient (Wildman–Crippen LogP) is 4.73. The zero-order valence-electron chi connectivity index (χ0n) is 12.3. The first-order chi connectivity index (χ1) is 10.3. The van der Waals surface area contributed by atoms with Gasteiger partial charge >= 0.3 is 0 Å². The van der Waals surface area contributed by atoms with Crippen LogP contribution in [0.5, 0.6) is 0 Å². The lowest BCUT2D eigenvalue weighted by Crippen LogP contribution is -2.05. The van der Waals surface area contributed by atoms with E-state index in [9.17, 15) is 4.79 Å². The zero-order chi connectivity index (χ0) is 14.5. The van der Waals surface area contributed by atoms with E-state index >= 15 is 0 Å². The monoisotopic (exact) mass is 283 g/mol. The summed E-state index contributed by atoms with van der Waals surface area (Å²) in [6, 6.07) is 9.25. The average molecular weight is 283 g/mol. The van der Waals surface area contributed by atoms with Gasteiger partial charge in [-0.1, -0.05) is 62.4 Å². The van der Waals surface area contributed by atoms with Crippen molar-refractivity contribution in [3.05, 3.63) is 53.7 Å². The van der Waals surface area contributed by atoms with Crippen molar-refractivity contribution in [3.63, 3.8) is 0 Å². The fourth-order valence-corrected chi connectivity index (χ4v) is 3.02. The highest BCUT2D eigenvalue weighted by molar-refractivity contribution is 6.07. The molecule has 1 saturated carbocycles. The van der Waals surface area contributed by atoms with Crippen molar-refractivity contribution in [1.82, 2.24) is 4.98 Å². The van der Waals surface area contributed by atoms with E-state index in [1.807, 2.05) is 30.3 Å². The minimum absolute atomic E-state index is 0.0588. The molecule has 2 aromatic rings. The molecule has 0 bridgehead atoms. The van der Waals surface area contributed by atoms with Gasteiger partial charge in [0.2, 0.25) is 5.78 Å². The Labute approximate surface area is 125 Å². The molecule has 3 rings (SSSR count). The lowest BCUT2D eigenvalue weighted by molar-refractivity contribution is 0.103. The molecule has 0 aliphatic heterocycles. The van der Waals surface area contributed by atoms with Crippen LogP contribution >= 0.6 is 0 Å². The fraction of sp³-hybridized carbons (Fsp3) is 0.444. The molecule has 1 aliphatic carbocycles. The van der Waals surface area contributed by atoms with Gasteiger partial charge in [-0.25, -0.2) is 4.98 Å². The number of ketones is 1. The fourth-order valence-electron chi connectivity index (χ4n) is 3.02. The maximum Gasteiger partial charge on any atom is 0.214 e. The standard InChI is InChI=1S/C18H21NO2/c20-17(14-9-7-4-8-10-14)16-13-21-18(19-16)15-11-5-2-1-3-6-12-15/h4,7-10,13,15H,1-3,5-6,11-12H2. The van der Waals surface area contributed by atoms with Crippen molar-refractivity contribution >= 4 is 5.78 Å². The number of hydrogen-bond donors (Lipinski definition) is 0. The molecular weight excluding hydrogens is 262 g/mol. The van der Waals surface area contributed by atoms with Gasteiger partial charge in [-0.05, 0) is 12.8 Å². The van der Waals surface area contributed by atoms with E-state index in [1.54, 1.807) is 0 Å². The summed E-state index contributed by atoms with van der Waals surface area (Å²) in [6.45, 7) is 0. The van der Waals surface area contributed by atoms with Crippen molar-refractivity contribution in [3.8, 4) is 0 Å². The number of carbonyl (C=O) groups excluding carboxylic acids is 1. The summed E-state index contributed by atoms with van der Waals surface area (Å²) in [6.07, 6.45) is 10.2. The molecule has 0 saturated heterocycles. The van der Waals surface area contributed by atoms with Crippen LogP contribution < -0.4 is 0 Å². The van der Waals surface area contributed by atoms with Crippen LogP contribution in [0.4, 0.5) is 0 Å². The summed E-state index contributed by atoms with van der Waals surface area (Å²) < 4.78 is 5.61. The highest BCUT2D eigenvalue weighted by atomic mass is 16.3. The molecule has 3 heteroatoms. The Kier molecular flexibility index (Phi) is 4.49. The third-order valence-electron chi connectivity index (χ3n) is 4.24. The minimum atomic E-state index is -0.0588. The van der Waals surface area contributed by atoms with Crippen LogP contribution in [0.15, 0.2) is 41.0 Å². The van der Waals surface area contributed by atoms with Gasteiger partial charge in [0, 0.05) is 11.5 Å². The molecule has 1 aromatic carbocycles. The van der Waals surface area contributed by atoms with Crippen LogP contribution in [0.25, 0.3) is 0 Å². The highest BCUT2D eigenvalue weighted by Gasteiger charge is 2.21. The Morgan fingerprint density at radius 1 is 1.00 bits per heavy atom. The van der Waals surface area contributed by atoms with Gasteiger partial charge in [0.05, 0.1) is 0 Å². The van der Waals surface area contributed by atoms with E-state index < -0.39 is 0 Å². The first-order valence-corrected chi connectivity index (χ1v) is 7.90. The number of carbonyl (C=O) groups is 1. The third kappa shape index (κ3) is 3.41. The maximum atomic E-state index is 12.3. The van der Waals surface area contributed by atoms with Crippen LogP contribution in [0, 0.1) is 0 Å². The molecule has 0 atom stereocenters. The van der Waals surface area contributed by atoms with Crippen molar-refractivity contribution in [2.24, 2.45) is 0 Å². The molecule has 0 radical (unpaired) electrons. The summed E-state index contributed by atoms with van der Waals surface area (Å²) in [7, 11) is 0. The highest BCUT2D eigenvalue weighted by Crippen LogP contribution is 2.30. The van der Waals surface area contributed by atoms with E-state index in [4.69, 9.17) is 4.42 Å². The normalized spacial score (nSPS) is 17.1. The summed E-state index contributed by atoms with van der Waals surface area (Å²) >= 11 is 0. The average Bonchev–Trinajstić information content (AvgIpc) is 2.97. The Morgan fingerprint density at radius 2 is 1.67 bits per heavy atom. The molecule has 1 aromatic heterocycles. The molecular formula is C18H21NO2. The van der Waals surface area contributed by atoms with E-state index in [0.29, 0.717) is 17.2 Å². The Balaban J connectivity index is 1.74. The summed E-state index contributed by atoms with van der Waals surface area (Å²) in [5.74, 6) is 1.07. The van der Waals surface area contributed by atoms with E-state index in [-0.39, 0.29) is 5.78 Å². The van der Waals surface area contributed by atoms with Crippen molar-refractivity contribution in [2.45, 2.75) is 50.9 Å². The van der Waals surface area contributed by atoms with Gasteiger partial charge in [-0.3, -0.25) is 4.79 Å². The summed E-state index contributed by atoms with van der Waals surface area (Å²) in [5, 5.41) is 0. The molecule has 1 aliphatic rings. The van der Waals surface area contributed by atoms with Crippen LogP contribution in [-0.2, 0) is 0 Å². The summed E-state index contributed by atoms with van der Waals surface area (Å²) in [5.41, 5.74) is 1.09. The van der Waals surface area contributed by atoms with Crippen LogP contribution in [0.1, 0.15) is 72.8 Å². The topological polar surface area (TPSA) is 43.1 Å². The second-order valence-electron chi connectivity index (χ2n) is 5.81. The SMILES string of the molecule is O=C(c1ccccc1)c1coc(C2CCCCCCC2)n1. The van der Waals surface area contributed by atoms with Crippen molar-refractivity contribution in [2.75, 3.05) is 0 Å². The minimum Gasteiger partial charge on any atom is -0.448 e. The number of oxazole rings is 1. The van der Waals surface area contributed by atoms with Gasteiger partial charge in [0.1, 0.15) is 12.0 Å². The van der Waals surface area contributed by atoms with Crippen molar-refractivity contribution < 1.29 is 9.21 Å². The van der Waals surface area contributed by atoms with Crippen LogP contribution in [0.2, 0.25) is 0 Å². The molecule has 3 nitrogen and oxygen atoms in total. The molecule has 0 N–H and O–H groups in total. The van der Waals surface area contributed by atoms with Gasteiger partial charge in [0.25, 0.3) is 0 Å². The second kappa shape index (κ2) is 6.70. The van der Waals surface area contributed by atoms with E-state index in [1.165, 1.54) is 38.4 Å². The number of rotatable bonds is 3. The Morgan fingerprint density at radius 3 is 2.38 bits per heavy atom. The quantitative estimate of drug-likeness (QED) is 0.764. The van der Waals surface area contributed by atoms with Crippen molar-refractivity contribution in [1.29, 1.82) is 0 Å². The van der Waals surface area contributed by atoms with E-state index in [2.05, 4.69) is 4.98 Å². The smallest absolute Gasteiger partial charge is 0.214 e. The largest absolute Gasteiger partial charge is 0.448 e. The molecule has 0 unspecified atom stereocenters. The lowest BCUT2D eigenvalue weighted by atomic mass is 9.91. The second-order valence-corrected chi connectivity index (χ2v) is 5.81. The first-order valence-electron chi connectivity index (χ1n) is 7.90. The lowest BCUT2D eigenvalue weighted by Gasteiger charge is -2.16. The molecule has 21 heavy (non-hydrogen) atoms. The third-order valence-corrected chi connectivity index (χ3v) is 4.24. The molecule has 0 spiro atoms. The van der Waals surface area contributed by atoms with Crippen LogP contribution in [-0.4, -0.2) is 10.8 Å². The number of aromatic nitrogens is 1. The molecule has 1 heterocycles. The predicted molar refractivity (Wildman–Crippen MR) is 81.4 cm³/mol. The maximum absolute atomic E-state index is 12.3. The van der Waals surface area contributed by atoms with E-state index in [0.717, 1.165) is 18.7 Å². The van der Waals surface area contributed by atoms with Gasteiger partial charge in [-0.15, -0.1) is 0 Å². The Bertz CT molecular complexity index is 580. The Hall–Kier alpha value is -1.90. The van der Waals surface area contributed by atoms with Gasteiger partial charge in [0.15, 0.2) is 5.89 Å². The summed E-state index contributed by atoms with van der Waals surface area (Å²) in [4.78, 5) is 16.8. The number of benzene rings is 1. The zero-order valence-corrected chi connectivity index (χ0v) is 12.3. The first kappa shape index (κ1) is 14.1. The molecule has 0 amide bonds. The van der Waals surface area contributed by atoms with Crippen LogP contribution in [0.3, 0.4) is 0 Å². The van der Waals surface area contributed by atoms with Gasteiger partial charge < -0.3 is 4.42 Å². The number of nitrogens with zero attached hydrogens (tertiary/aromatic N) is 1. The van der Waals surface area contributed by atoms with Gasteiger partial charge in [-0.2, -0.15) is 0 Å². The molecule has 110 valence electrons. The molecule has 1 fully saturated rings.